The zero-order valence-electron chi connectivity index (χ0n) is 8.12. The quantitative estimate of drug-likeness (QED) is 0.646. The lowest BCUT2D eigenvalue weighted by Crippen LogP contribution is -1.98. The highest BCUT2D eigenvalue weighted by atomic mass is 16.5. The Bertz CT molecular complexity index is 248. The Kier molecular flexibility index (Phi) is 4.47. The molecule has 1 radical (unpaired) electrons. The van der Waals surface area contributed by atoms with Crippen LogP contribution in [0.5, 0.6) is 0 Å². The number of hydrogen-bond acceptors (Lipinski definition) is 2. The molecule has 2 heteroatoms. The van der Waals surface area contributed by atoms with Crippen molar-refractivity contribution >= 4 is 0 Å². The van der Waals surface area contributed by atoms with Crippen LogP contribution in [0.2, 0.25) is 0 Å². The van der Waals surface area contributed by atoms with Gasteiger partial charge in [0.2, 0.25) is 0 Å². The second-order valence-electron chi connectivity index (χ2n) is 2.95. The molecule has 1 aromatic heterocycles. The van der Waals surface area contributed by atoms with Gasteiger partial charge >= 0.3 is 0 Å². The molecule has 2 nitrogen and oxygen atoms in total. The molecule has 13 heavy (non-hydrogen) atoms. The molecule has 1 aromatic rings. The summed E-state index contributed by atoms with van der Waals surface area (Å²) in [7, 11) is 0. The molecule has 0 saturated carbocycles. The summed E-state index contributed by atoms with van der Waals surface area (Å²) >= 11 is 0. The van der Waals surface area contributed by atoms with Crippen LogP contribution in [0.25, 0.3) is 0 Å². The SMILES string of the molecule is [CH2]Cc1cnccc1COCCC. The Morgan fingerprint density at radius 1 is 1.46 bits per heavy atom. The number of rotatable bonds is 5. The lowest BCUT2D eigenvalue weighted by Gasteiger charge is -2.06. The molecule has 0 N–H and O–H groups in total. The van der Waals surface area contributed by atoms with Gasteiger partial charge in [-0.3, -0.25) is 4.98 Å². The number of aromatic nitrogens is 1. The highest BCUT2D eigenvalue weighted by Gasteiger charge is 1.99. The van der Waals surface area contributed by atoms with E-state index in [1.165, 1.54) is 11.1 Å². The zero-order chi connectivity index (χ0) is 9.52. The van der Waals surface area contributed by atoms with Crippen LogP contribution >= 0.6 is 0 Å². The van der Waals surface area contributed by atoms with Crippen LogP contribution in [-0.4, -0.2) is 11.6 Å². The molecule has 0 atom stereocenters. The number of nitrogens with zero attached hydrogens (tertiary/aromatic N) is 1. The van der Waals surface area contributed by atoms with E-state index in [0.29, 0.717) is 6.61 Å². The van der Waals surface area contributed by atoms with E-state index in [2.05, 4.69) is 18.8 Å². The van der Waals surface area contributed by atoms with Gasteiger partial charge in [0.15, 0.2) is 0 Å². The molecule has 0 unspecified atom stereocenters. The lowest BCUT2D eigenvalue weighted by molar-refractivity contribution is 0.121. The summed E-state index contributed by atoms with van der Waals surface area (Å²) in [5.41, 5.74) is 2.39. The van der Waals surface area contributed by atoms with Crippen molar-refractivity contribution in [3.63, 3.8) is 0 Å². The topological polar surface area (TPSA) is 22.1 Å². The molecule has 0 aliphatic carbocycles. The molecule has 0 aliphatic heterocycles. The van der Waals surface area contributed by atoms with Gasteiger partial charge in [0.05, 0.1) is 6.61 Å². The summed E-state index contributed by atoms with van der Waals surface area (Å²) in [6.45, 7) is 7.46. The van der Waals surface area contributed by atoms with Crippen molar-refractivity contribution in [2.24, 2.45) is 0 Å². The Morgan fingerprint density at radius 3 is 3.00 bits per heavy atom. The predicted molar refractivity (Wildman–Crippen MR) is 53.2 cm³/mol. The molecule has 0 aromatic carbocycles. The molecular weight excluding hydrogens is 162 g/mol. The first-order valence-electron chi connectivity index (χ1n) is 4.67. The van der Waals surface area contributed by atoms with Crippen molar-refractivity contribution < 1.29 is 4.74 Å². The third kappa shape index (κ3) is 3.15. The Labute approximate surface area is 80.0 Å². The third-order valence-corrected chi connectivity index (χ3v) is 1.88. The molecule has 0 aliphatic rings. The van der Waals surface area contributed by atoms with Crippen molar-refractivity contribution in [1.29, 1.82) is 0 Å². The van der Waals surface area contributed by atoms with Crippen LogP contribution in [-0.2, 0) is 17.8 Å². The molecule has 0 bridgehead atoms. The second-order valence-corrected chi connectivity index (χ2v) is 2.95. The highest BCUT2D eigenvalue weighted by molar-refractivity contribution is 5.22. The molecule has 0 saturated heterocycles. The molecule has 1 heterocycles. The van der Waals surface area contributed by atoms with Gasteiger partial charge in [-0.05, 0) is 37.0 Å². The van der Waals surface area contributed by atoms with E-state index < -0.39 is 0 Å². The number of pyridine rings is 1. The average molecular weight is 178 g/mol. The number of ether oxygens (including phenoxy) is 1. The summed E-state index contributed by atoms with van der Waals surface area (Å²) < 4.78 is 5.46. The van der Waals surface area contributed by atoms with Crippen molar-refractivity contribution in [2.45, 2.75) is 26.4 Å². The molecule has 0 amide bonds. The standard InChI is InChI=1S/C11H16NO/c1-3-7-13-9-11-5-6-12-8-10(11)4-2/h5-6,8H,2-4,7,9H2,1H3. The Morgan fingerprint density at radius 2 is 2.31 bits per heavy atom. The van der Waals surface area contributed by atoms with E-state index in [0.717, 1.165) is 19.4 Å². The second kappa shape index (κ2) is 5.70. The maximum atomic E-state index is 5.46. The minimum atomic E-state index is 0.682. The molecule has 0 spiro atoms. The highest BCUT2D eigenvalue weighted by Crippen LogP contribution is 2.08. The van der Waals surface area contributed by atoms with Gasteiger partial charge in [0.1, 0.15) is 0 Å². The van der Waals surface area contributed by atoms with Crippen molar-refractivity contribution in [2.75, 3.05) is 6.61 Å². The molecule has 0 fully saturated rings. The van der Waals surface area contributed by atoms with Crippen LogP contribution in [0.15, 0.2) is 18.5 Å². The van der Waals surface area contributed by atoms with E-state index in [9.17, 15) is 0 Å². The number of hydrogen-bond donors (Lipinski definition) is 0. The van der Waals surface area contributed by atoms with Crippen LogP contribution in [0.3, 0.4) is 0 Å². The van der Waals surface area contributed by atoms with Gasteiger partial charge in [-0.1, -0.05) is 6.92 Å². The van der Waals surface area contributed by atoms with Gasteiger partial charge < -0.3 is 4.74 Å². The van der Waals surface area contributed by atoms with E-state index in [-0.39, 0.29) is 0 Å². The first kappa shape index (κ1) is 10.2. The van der Waals surface area contributed by atoms with Crippen LogP contribution in [0.1, 0.15) is 24.5 Å². The van der Waals surface area contributed by atoms with E-state index in [1.807, 2.05) is 12.3 Å². The monoisotopic (exact) mass is 178 g/mol. The third-order valence-electron chi connectivity index (χ3n) is 1.88. The summed E-state index contributed by atoms with van der Waals surface area (Å²) in [5, 5.41) is 0. The molecule has 71 valence electrons. The maximum absolute atomic E-state index is 5.46. The van der Waals surface area contributed by atoms with Gasteiger partial charge in [-0.15, -0.1) is 0 Å². The zero-order valence-corrected chi connectivity index (χ0v) is 8.12. The largest absolute Gasteiger partial charge is 0.377 e. The smallest absolute Gasteiger partial charge is 0.0720 e. The maximum Gasteiger partial charge on any atom is 0.0720 e. The lowest BCUT2D eigenvalue weighted by atomic mass is 10.1. The average Bonchev–Trinajstić information content (AvgIpc) is 2.19. The minimum absolute atomic E-state index is 0.682. The van der Waals surface area contributed by atoms with E-state index >= 15 is 0 Å². The summed E-state index contributed by atoms with van der Waals surface area (Å²) in [5.74, 6) is 0. The van der Waals surface area contributed by atoms with E-state index in [1.54, 1.807) is 6.20 Å². The van der Waals surface area contributed by atoms with Gasteiger partial charge in [-0.2, -0.15) is 0 Å². The van der Waals surface area contributed by atoms with Gasteiger partial charge in [0, 0.05) is 19.0 Å². The first-order chi connectivity index (χ1) is 6.38. The summed E-state index contributed by atoms with van der Waals surface area (Å²) in [4.78, 5) is 4.05. The fourth-order valence-electron chi connectivity index (χ4n) is 1.15. The van der Waals surface area contributed by atoms with Crippen LogP contribution in [0.4, 0.5) is 0 Å². The molecule has 1 rings (SSSR count). The normalized spacial score (nSPS) is 10.3. The predicted octanol–water partition coefficient (Wildman–Crippen LogP) is 2.38. The summed E-state index contributed by atoms with van der Waals surface area (Å²) in [6.07, 6.45) is 5.49. The van der Waals surface area contributed by atoms with Crippen molar-refractivity contribution in [3.05, 3.63) is 36.5 Å². The first-order valence-corrected chi connectivity index (χ1v) is 4.67. The fraction of sp³-hybridized carbons (Fsp3) is 0.455. The molecular formula is C11H16NO. The van der Waals surface area contributed by atoms with Crippen molar-refractivity contribution in [1.82, 2.24) is 4.98 Å². The van der Waals surface area contributed by atoms with Gasteiger partial charge in [-0.25, -0.2) is 0 Å². The summed E-state index contributed by atoms with van der Waals surface area (Å²) in [6, 6.07) is 2.00. The van der Waals surface area contributed by atoms with Gasteiger partial charge in [0.25, 0.3) is 0 Å². The van der Waals surface area contributed by atoms with Crippen LogP contribution < -0.4 is 0 Å². The Balaban J connectivity index is 2.54. The van der Waals surface area contributed by atoms with Crippen molar-refractivity contribution in [3.8, 4) is 0 Å². The Hall–Kier alpha value is -0.890. The van der Waals surface area contributed by atoms with E-state index in [4.69, 9.17) is 4.74 Å². The fourth-order valence-corrected chi connectivity index (χ4v) is 1.15. The minimum Gasteiger partial charge on any atom is -0.377 e. The van der Waals surface area contributed by atoms with Crippen LogP contribution in [0, 0.1) is 6.92 Å².